The Morgan fingerprint density at radius 3 is 2.75 bits per heavy atom. The molecule has 2 heterocycles. The van der Waals surface area contributed by atoms with Crippen LogP contribution in [0.4, 0.5) is 0 Å². The molecule has 0 aliphatic rings. The number of nitrogens with zero attached hydrogens (tertiary/aromatic N) is 2. The maximum Gasteiger partial charge on any atom is 0.271 e. The van der Waals surface area contributed by atoms with Crippen molar-refractivity contribution in [1.82, 2.24) is 15.3 Å². The number of hydrogen-bond acceptors (Lipinski definition) is 5. The Morgan fingerprint density at radius 2 is 2.10 bits per heavy atom. The maximum atomic E-state index is 12.0. The summed E-state index contributed by atoms with van der Waals surface area (Å²) < 4.78 is 0. The number of hydrogen-bond donors (Lipinski definition) is 1. The van der Waals surface area contributed by atoms with E-state index in [0.717, 1.165) is 39.8 Å². The van der Waals surface area contributed by atoms with Crippen LogP contribution >= 0.6 is 22.7 Å². The Morgan fingerprint density at radius 1 is 1.30 bits per heavy atom. The summed E-state index contributed by atoms with van der Waals surface area (Å²) in [6.07, 6.45) is 2.92. The van der Waals surface area contributed by atoms with Crippen LogP contribution in [-0.4, -0.2) is 15.9 Å². The molecular weight excluding hydrogens is 290 g/mol. The van der Waals surface area contributed by atoms with E-state index in [0.29, 0.717) is 12.2 Å². The third-order valence-corrected chi connectivity index (χ3v) is 5.11. The van der Waals surface area contributed by atoms with Crippen LogP contribution in [0.2, 0.25) is 0 Å². The third-order valence-electron chi connectivity index (χ3n) is 2.90. The molecule has 0 bridgehead atoms. The van der Waals surface area contributed by atoms with E-state index < -0.39 is 0 Å². The summed E-state index contributed by atoms with van der Waals surface area (Å²) in [5.74, 6) is -0.102. The predicted octanol–water partition coefficient (Wildman–Crippen LogP) is 3.35. The maximum absolute atomic E-state index is 12.0. The molecule has 1 amide bonds. The Kier molecular flexibility index (Phi) is 5.25. The minimum atomic E-state index is -0.102. The van der Waals surface area contributed by atoms with Gasteiger partial charge in [0, 0.05) is 10.3 Å². The van der Waals surface area contributed by atoms with Crippen molar-refractivity contribution >= 4 is 28.6 Å². The topological polar surface area (TPSA) is 54.9 Å². The Bertz CT molecular complexity index is 589. The molecule has 1 N–H and O–H groups in total. The molecular formula is C14H19N3OS2. The lowest BCUT2D eigenvalue weighted by Crippen LogP contribution is -2.23. The first-order valence-electron chi connectivity index (χ1n) is 6.81. The first kappa shape index (κ1) is 15.1. The van der Waals surface area contributed by atoms with E-state index in [-0.39, 0.29) is 5.91 Å². The lowest BCUT2D eigenvalue weighted by molar-refractivity contribution is 0.0947. The van der Waals surface area contributed by atoms with Gasteiger partial charge in [-0.1, -0.05) is 13.8 Å². The highest BCUT2D eigenvalue weighted by atomic mass is 32.1. The summed E-state index contributed by atoms with van der Waals surface area (Å²) in [5, 5.41) is 6.90. The van der Waals surface area contributed by atoms with Crippen LogP contribution in [0.1, 0.15) is 51.3 Å². The van der Waals surface area contributed by atoms with E-state index >= 15 is 0 Å². The third kappa shape index (κ3) is 3.64. The molecule has 0 atom stereocenters. The van der Waals surface area contributed by atoms with Crippen LogP contribution in [-0.2, 0) is 19.4 Å². The molecule has 2 aromatic rings. The summed E-state index contributed by atoms with van der Waals surface area (Å²) in [4.78, 5) is 22.0. The minimum Gasteiger partial charge on any atom is -0.346 e. The molecule has 0 radical (unpaired) electrons. The lowest BCUT2D eigenvalue weighted by Gasteiger charge is -2.01. The highest BCUT2D eigenvalue weighted by molar-refractivity contribution is 7.11. The molecule has 4 nitrogen and oxygen atoms in total. The second-order valence-electron chi connectivity index (χ2n) is 4.53. The quantitative estimate of drug-likeness (QED) is 0.890. The van der Waals surface area contributed by atoms with Crippen LogP contribution in [0, 0.1) is 6.92 Å². The van der Waals surface area contributed by atoms with Gasteiger partial charge in [0.25, 0.3) is 5.91 Å². The van der Waals surface area contributed by atoms with Gasteiger partial charge in [0.1, 0.15) is 5.69 Å². The Labute approximate surface area is 127 Å². The zero-order valence-electron chi connectivity index (χ0n) is 12.0. The molecule has 108 valence electrons. The van der Waals surface area contributed by atoms with Crippen molar-refractivity contribution in [2.75, 3.05) is 0 Å². The smallest absolute Gasteiger partial charge is 0.271 e. The van der Waals surface area contributed by atoms with Crippen LogP contribution < -0.4 is 5.32 Å². The van der Waals surface area contributed by atoms with Crippen molar-refractivity contribution in [3.63, 3.8) is 0 Å². The fourth-order valence-electron chi connectivity index (χ4n) is 1.80. The van der Waals surface area contributed by atoms with Crippen LogP contribution in [0.25, 0.3) is 0 Å². The van der Waals surface area contributed by atoms with Crippen molar-refractivity contribution in [2.24, 2.45) is 0 Å². The monoisotopic (exact) mass is 309 g/mol. The van der Waals surface area contributed by atoms with Gasteiger partial charge < -0.3 is 5.32 Å². The highest BCUT2D eigenvalue weighted by Crippen LogP contribution is 2.18. The molecule has 2 aromatic heterocycles. The molecule has 0 aromatic carbocycles. The Hall–Kier alpha value is -1.27. The summed E-state index contributed by atoms with van der Waals surface area (Å²) >= 11 is 3.22. The van der Waals surface area contributed by atoms with E-state index in [1.807, 2.05) is 12.3 Å². The molecule has 6 heteroatoms. The number of nitrogens with one attached hydrogen (secondary N) is 1. The van der Waals surface area contributed by atoms with Gasteiger partial charge in [-0.05, 0) is 26.2 Å². The van der Waals surface area contributed by atoms with E-state index in [9.17, 15) is 4.79 Å². The van der Waals surface area contributed by atoms with E-state index in [4.69, 9.17) is 0 Å². The van der Waals surface area contributed by atoms with Crippen molar-refractivity contribution in [2.45, 2.75) is 46.6 Å². The van der Waals surface area contributed by atoms with Gasteiger partial charge in [0.05, 0.1) is 22.3 Å². The fourth-order valence-corrected chi connectivity index (χ4v) is 3.63. The average Bonchev–Trinajstić information content (AvgIpc) is 3.03. The molecule has 0 aliphatic heterocycles. The van der Waals surface area contributed by atoms with Gasteiger partial charge in [-0.3, -0.25) is 4.79 Å². The minimum absolute atomic E-state index is 0.102. The van der Waals surface area contributed by atoms with Crippen LogP contribution in [0.15, 0.2) is 5.38 Å². The van der Waals surface area contributed by atoms with Gasteiger partial charge in [0.15, 0.2) is 0 Å². The lowest BCUT2D eigenvalue weighted by atomic mass is 10.3. The van der Waals surface area contributed by atoms with E-state index in [2.05, 4.69) is 29.1 Å². The number of amides is 1. The second kappa shape index (κ2) is 6.95. The number of rotatable bonds is 6. The molecule has 0 unspecified atom stereocenters. The average molecular weight is 309 g/mol. The van der Waals surface area contributed by atoms with Gasteiger partial charge in [-0.25, -0.2) is 9.97 Å². The highest BCUT2D eigenvalue weighted by Gasteiger charge is 2.12. The van der Waals surface area contributed by atoms with Crippen molar-refractivity contribution < 1.29 is 4.79 Å². The summed E-state index contributed by atoms with van der Waals surface area (Å²) in [6, 6.07) is 0. The van der Waals surface area contributed by atoms with Gasteiger partial charge in [0.2, 0.25) is 0 Å². The van der Waals surface area contributed by atoms with Crippen molar-refractivity contribution in [3.05, 3.63) is 31.7 Å². The van der Waals surface area contributed by atoms with Gasteiger partial charge >= 0.3 is 0 Å². The normalized spacial score (nSPS) is 10.8. The number of thiazole rings is 2. The fraction of sp³-hybridized carbons (Fsp3) is 0.500. The molecule has 0 fully saturated rings. The summed E-state index contributed by atoms with van der Waals surface area (Å²) in [6.45, 7) is 6.71. The first-order valence-corrected chi connectivity index (χ1v) is 8.51. The van der Waals surface area contributed by atoms with Crippen LogP contribution in [0.3, 0.4) is 0 Å². The predicted molar refractivity (Wildman–Crippen MR) is 83.5 cm³/mol. The molecule has 2 rings (SSSR count). The first-order chi connectivity index (χ1) is 9.63. The second-order valence-corrected chi connectivity index (χ2v) is 6.64. The summed E-state index contributed by atoms with van der Waals surface area (Å²) in [7, 11) is 0. The standard InChI is InChI=1S/C14H19N3OS2/c1-4-6-13-17-10(8-19-13)14(18)15-7-11-9(3)16-12(5-2)20-11/h8H,4-7H2,1-3H3,(H,15,18). The zero-order chi connectivity index (χ0) is 14.5. The summed E-state index contributed by atoms with van der Waals surface area (Å²) in [5.41, 5.74) is 1.54. The number of aryl methyl sites for hydroxylation is 3. The van der Waals surface area contributed by atoms with Crippen molar-refractivity contribution in [3.8, 4) is 0 Å². The van der Waals surface area contributed by atoms with Gasteiger partial charge in [-0.2, -0.15) is 0 Å². The number of carbonyl (C=O) groups is 1. The van der Waals surface area contributed by atoms with Crippen molar-refractivity contribution in [1.29, 1.82) is 0 Å². The molecule has 0 saturated heterocycles. The van der Waals surface area contributed by atoms with E-state index in [1.54, 1.807) is 22.7 Å². The molecule has 0 spiro atoms. The van der Waals surface area contributed by atoms with E-state index in [1.165, 1.54) is 0 Å². The van der Waals surface area contributed by atoms with Gasteiger partial charge in [-0.15, -0.1) is 22.7 Å². The van der Waals surface area contributed by atoms with Crippen LogP contribution in [0.5, 0.6) is 0 Å². The number of aromatic nitrogens is 2. The Balaban J connectivity index is 1.95. The number of carbonyl (C=O) groups excluding carboxylic acids is 1. The molecule has 20 heavy (non-hydrogen) atoms. The largest absolute Gasteiger partial charge is 0.346 e. The molecule has 0 saturated carbocycles. The SMILES string of the molecule is CCCc1nc(C(=O)NCc2sc(CC)nc2C)cs1. The zero-order valence-corrected chi connectivity index (χ0v) is 13.7. The molecule has 0 aliphatic carbocycles.